The average molecular weight is 210 g/mol. The number of rotatable bonds is 4. The van der Waals surface area contributed by atoms with Crippen LogP contribution in [0.15, 0.2) is 6.33 Å². The zero-order chi connectivity index (χ0) is 11.4. The minimum Gasteiger partial charge on any atom is -0.479 e. The molecule has 0 saturated heterocycles. The number of nitrogen functional groups attached to an aromatic ring is 1. The minimum atomic E-state index is 0.344. The van der Waals surface area contributed by atoms with Crippen molar-refractivity contribution in [1.29, 1.82) is 0 Å². The van der Waals surface area contributed by atoms with Gasteiger partial charge >= 0.3 is 0 Å². The fraction of sp³-hybridized carbons (Fsp3) is 0.600. The first-order valence-corrected chi connectivity index (χ1v) is 5.02. The molecule has 0 radical (unpaired) electrons. The Morgan fingerprint density at radius 3 is 2.60 bits per heavy atom. The highest BCUT2D eigenvalue weighted by Gasteiger charge is 2.16. The fourth-order valence-electron chi connectivity index (χ4n) is 1.52. The maximum absolute atomic E-state index is 5.92. The van der Waals surface area contributed by atoms with Gasteiger partial charge in [0.15, 0.2) is 5.82 Å². The maximum atomic E-state index is 5.92. The summed E-state index contributed by atoms with van der Waals surface area (Å²) in [6.07, 6.45) is 1.47. The number of aromatic nitrogens is 2. The van der Waals surface area contributed by atoms with Gasteiger partial charge in [0.2, 0.25) is 5.88 Å². The molecule has 2 N–H and O–H groups in total. The number of ether oxygens (including phenoxy) is 1. The standard InChI is InChI=1S/C10H18N4O/c1-5-14(7(2)3)9-8(11)10(15-4)13-6-12-9/h6-7H,5,11H2,1-4H3. The molecule has 0 aliphatic rings. The Hall–Kier alpha value is -1.52. The number of hydrogen-bond donors (Lipinski definition) is 1. The molecule has 84 valence electrons. The Labute approximate surface area is 90.3 Å². The van der Waals surface area contributed by atoms with Gasteiger partial charge in [-0.15, -0.1) is 0 Å². The lowest BCUT2D eigenvalue weighted by Crippen LogP contribution is -2.32. The first kappa shape index (κ1) is 11.6. The topological polar surface area (TPSA) is 64.3 Å². The second kappa shape index (κ2) is 4.82. The summed E-state index contributed by atoms with van der Waals surface area (Å²) >= 11 is 0. The normalized spacial score (nSPS) is 10.5. The average Bonchev–Trinajstić information content (AvgIpc) is 2.21. The van der Waals surface area contributed by atoms with Gasteiger partial charge in [-0.25, -0.2) is 4.98 Å². The van der Waals surface area contributed by atoms with Crippen LogP contribution in [0.4, 0.5) is 11.5 Å². The molecule has 0 spiro atoms. The van der Waals surface area contributed by atoms with Crippen LogP contribution in [0, 0.1) is 0 Å². The lowest BCUT2D eigenvalue weighted by Gasteiger charge is -2.27. The van der Waals surface area contributed by atoms with Gasteiger partial charge in [-0.1, -0.05) is 0 Å². The minimum absolute atomic E-state index is 0.344. The summed E-state index contributed by atoms with van der Waals surface area (Å²) in [5, 5.41) is 0. The van der Waals surface area contributed by atoms with Crippen LogP contribution >= 0.6 is 0 Å². The number of hydrogen-bond acceptors (Lipinski definition) is 5. The van der Waals surface area contributed by atoms with Crippen LogP contribution in [0.5, 0.6) is 5.88 Å². The van der Waals surface area contributed by atoms with Crippen LogP contribution in [-0.4, -0.2) is 29.7 Å². The molecule has 5 heteroatoms. The molecule has 0 aromatic carbocycles. The second-order valence-electron chi connectivity index (χ2n) is 3.50. The van der Waals surface area contributed by atoms with Crippen LogP contribution in [0.25, 0.3) is 0 Å². The molecule has 1 aromatic rings. The molecular weight excluding hydrogens is 192 g/mol. The predicted octanol–water partition coefficient (Wildman–Crippen LogP) is 1.30. The van der Waals surface area contributed by atoms with Crippen molar-refractivity contribution in [3.05, 3.63) is 6.33 Å². The number of nitrogens with two attached hydrogens (primary N) is 1. The number of anilines is 2. The molecule has 1 heterocycles. The third-order valence-electron chi connectivity index (χ3n) is 2.26. The van der Waals surface area contributed by atoms with Gasteiger partial charge in [0.05, 0.1) is 7.11 Å². The van der Waals surface area contributed by atoms with E-state index < -0.39 is 0 Å². The monoisotopic (exact) mass is 210 g/mol. The molecule has 1 rings (SSSR count). The van der Waals surface area contributed by atoms with Gasteiger partial charge in [0.1, 0.15) is 12.0 Å². The highest BCUT2D eigenvalue weighted by Crippen LogP contribution is 2.28. The Morgan fingerprint density at radius 2 is 2.13 bits per heavy atom. The van der Waals surface area contributed by atoms with Crippen LogP contribution in [0.1, 0.15) is 20.8 Å². The number of nitrogens with zero attached hydrogens (tertiary/aromatic N) is 3. The molecule has 0 atom stereocenters. The van der Waals surface area contributed by atoms with E-state index in [1.165, 1.54) is 6.33 Å². The summed E-state index contributed by atoms with van der Waals surface area (Å²) in [7, 11) is 1.55. The smallest absolute Gasteiger partial charge is 0.242 e. The molecule has 0 fully saturated rings. The Balaban J connectivity index is 3.12. The molecular formula is C10H18N4O. The van der Waals surface area contributed by atoms with Crippen LogP contribution < -0.4 is 15.4 Å². The van der Waals surface area contributed by atoms with E-state index in [0.717, 1.165) is 12.4 Å². The molecule has 0 amide bonds. The first-order chi connectivity index (χ1) is 7.11. The van der Waals surface area contributed by atoms with Crippen molar-refractivity contribution in [3.8, 4) is 5.88 Å². The van der Waals surface area contributed by atoms with Crippen molar-refractivity contribution in [2.24, 2.45) is 0 Å². The lowest BCUT2D eigenvalue weighted by atomic mass is 10.3. The van der Waals surface area contributed by atoms with Crippen molar-refractivity contribution in [2.75, 3.05) is 24.3 Å². The van der Waals surface area contributed by atoms with Gasteiger partial charge in [-0.05, 0) is 20.8 Å². The highest BCUT2D eigenvalue weighted by molar-refractivity contribution is 5.67. The molecule has 0 bridgehead atoms. The summed E-state index contributed by atoms with van der Waals surface area (Å²) in [5.41, 5.74) is 6.41. The first-order valence-electron chi connectivity index (χ1n) is 5.02. The number of methoxy groups -OCH3 is 1. The molecule has 5 nitrogen and oxygen atoms in total. The van der Waals surface area contributed by atoms with E-state index in [0.29, 0.717) is 17.6 Å². The largest absolute Gasteiger partial charge is 0.479 e. The van der Waals surface area contributed by atoms with E-state index in [1.54, 1.807) is 7.11 Å². The third kappa shape index (κ3) is 2.29. The van der Waals surface area contributed by atoms with E-state index in [-0.39, 0.29) is 0 Å². The highest BCUT2D eigenvalue weighted by atomic mass is 16.5. The molecule has 0 saturated carbocycles. The van der Waals surface area contributed by atoms with Gasteiger partial charge in [0, 0.05) is 12.6 Å². The van der Waals surface area contributed by atoms with Crippen LogP contribution in [-0.2, 0) is 0 Å². The molecule has 0 aliphatic carbocycles. The van der Waals surface area contributed by atoms with E-state index in [4.69, 9.17) is 10.5 Å². The van der Waals surface area contributed by atoms with Crippen molar-refractivity contribution >= 4 is 11.5 Å². The lowest BCUT2D eigenvalue weighted by molar-refractivity contribution is 0.399. The summed E-state index contributed by atoms with van der Waals surface area (Å²) in [4.78, 5) is 10.2. The van der Waals surface area contributed by atoms with Gasteiger partial charge in [-0.3, -0.25) is 0 Å². The van der Waals surface area contributed by atoms with Crippen molar-refractivity contribution < 1.29 is 4.74 Å². The van der Waals surface area contributed by atoms with Gasteiger partial charge in [0.25, 0.3) is 0 Å². The molecule has 0 aliphatic heterocycles. The Kier molecular flexibility index (Phi) is 3.71. The van der Waals surface area contributed by atoms with E-state index in [9.17, 15) is 0 Å². The third-order valence-corrected chi connectivity index (χ3v) is 2.26. The summed E-state index contributed by atoms with van der Waals surface area (Å²) in [6.45, 7) is 7.10. The Morgan fingerprint density at radius 1 is 1.47 bits per heavy atom. The zero-order valence-corrected chi connectivity index (χ0v) is 9.69. The van der Waals surface area contributed by atoms with Crippen LogP contribution in [0.3, 0.4) is 0 Å². The maximum Gasteiger partial charge on any atom is 0.242 e. The zero-order valence-electron chi connectivity index (χ0n) is 9.69. The van der Waals surface area contributed by atoms with Crippen molar-refractivity contribution in [2.45, 2.75) is 26.8 Å². The quantitative estimate of drug-likeness (QED) is 0.811. The van der Waals surface area contributed by atoms with Crippen LogP contribution in [0.2, 0.25) is 0 Å². The SMILES string of the molecule is CCN(c1ncnc(OC)c1N)C(C)C. The van der Waals surface area contributed by atoms with E-state index in [2.05, 4.69) is 35.6 Å². The molecule has 1 aromatic heterocycles. The second-order valence-corrected chi connectivity index (χ2v) is 3.50. The Bertz CT molecular complexity index is 327. The van der Waals surface area contributed by atoms with Gasteiger partial charge in [-0.2, -0.15) is 4.98 Å². The fourth-order valence-corrected chi connectivity index (χ4v) is 1.52. The molecule has 0 unspecified atom stereocenters. The summed E-state index contributed by atoms with van der Waals surface area (Å²) in [6, 6.07) is 0.344. The van der Waals surface area contributed by atoms with E-state index >= 15 is 0 Å². The van der Waals surface area contributed by atoms with Crippen molar-refractivity contribution in [1.82, 2.24) is 9.97 Å². The summed E-state index contributed by atoms with van der Waals surface area (Å²) < 4.78 is 5.06. The van der Waals surface area contributed by atoms with Crippen molar-refractivity contribution in [3.63, 3.8) is 0 Å². The van der Waals surface area contributed by atoms with E-state index in [1.807, 2.05) is 0 Å². The molecule has 15 heavy (non-hydrogen) atoms. The predicted molar refractivity (Wildman–Crippen MR) is 61.2 cm³/mol. The van der Waals surface area contributed by atoms with Gasteiger partial charge < -0.3 is 15.4 Å². The summed E-state index contributed by atoms with van der Waals surface area (Å²) in [5.74, 6) is 1.17.